The number of thiazole rings is 1. The van der Waals surface area contributed by atoms with E-state index in [1.54, 1.807) is 28.4 Å². The van der Waals surface area contributed by atoms with Gasteiger partial charge in [0.1, 0.15) is 0 Å². The minimum atomic E-state index is -2.76. The van der Waals surface area contributed by atoms with Crippen molar-refractivity contribution in [2.75, 3.05) is 7.11 Å². The Hall–Kier alpha value is -1.86. The number of unbranched alkanes of at least 4 members (excludes halogenated alkanes) is 3. The molecule has 0 N–H and O–H groups in total. The van der Waals surface area contributed by atoms with Gasteiger partial charge in [0, 0.05) is 0 Å². The van der Waals surface area contributed by atoms with E-state index in [-0.39, 0.29) is 0 Å². The van der Waals surface area contributed by atoms with E-state index in [0.29, 0.717) is 0 Å². The van der Waals surface area contributed by atoms with Crippen LogP contribution < -0.4 is 8.32 Å². The Labute approximate surface area is 218 Å². The van der Waals surface area contributed by atoms with Crippen molar-refractivity contribution in [3.8, 4) is 27.6 Å². The zero-order valence-corrected chi connectivity index (χ0v) is 25.3. The number of ether oxygens (including phenoxy) is 1. The van der Waals surface area contributed by atoms with Gasteiger partial charge in [-0.1, -0.05) is 0 Å². The summed E-state index contributed by atoms with van der Waals surface area (Å²) in [5.74, 6) is 1.79. The number of aromatic nitrogens is 2. The summed E-state index contributed by atoms with van der Waals surface area (Å²) in [5.41, 5.74) is 3.53. The zero-order valence-electron chi connectivity index (χ0n) is 21.6. The molecule has 4 aromatic rings. The van der Waals surface area contributed by atoms with E-state index < -0.39 is 18.4 Å². The molecular formula is C29H38N2O2SSn. The Morgan fingerprint density at radius 1 is 0.914 bits per heavy atom. The number of hydrogen-bond donors (Lipinski definition) is 0. The fourth-order valence-corrected chi connectivity index (χ4v) is 23.0. The SMILES string of the molecule is CCC[CH2][Sn]([CH2]CCC)([CH2]CCC)[c]1cc(-c2nc3ccc(OC)cc3s2)ccc1-c1cnco1. The molecule has 35 heavy (non-hydrogen) atoms. The second-order valence-corrected chi connectivity index (χ2v) is 23.7. The Balaban J connectivity index is 1.88. The standard InChI is InChI=1S/C17H11N2O2S.3C4H9.Sn/c1-20-13-6-7-14-16(8-13)22-17(19-14)12-4-2-11(3-5-12)15-9-18-10-21-15;3*1-3-4-2;/h2,4-10H,1H3;3*1,3-4H2,2H3;. The van der Waals surface area contributed by atoms with Crippen LogP contribution in [0, 0.1) is 0 Å². The van der Waals surface area contributed by atoms with E-state index in [9.17, 15) is 0 Å². The summed E-state index contributed by atoms with van der Waals surface area (Å²) in [5, 5.41) is 1.08. The molecule has 0 atom stereocenters. The molecule has 0 unspecified atom stereocenters. The summed E-state index contributed by atoms with van der Waals surface area (Å²) in [6.45, 7) is 7.00. The van der Waals surface area contributed by atoms with Crippen LogP contribution in [0.3, 0.4) is 0 Å². The topological polar surface area (TPSA) is 48.2 Å². The third kappa shape index (κ3) is 5.93. The number of fused-ring (bicyclic) bond motifs is 1. The van der Waals surface area contributed by atoms with E-state index in [0.717, 1.165) is 26.7 Å². The molecule has 0 aliphatic heterocycles. The third-order valence-electron chi connectivity index (χ3n) is 7.16. The molecule has 2 heterocycles. The first-order valence-corrected chi connectivity index (χ1v) is 21.4. The summed E-state index contributed by atoms with van der Waals surface area (Å²) in [7, 11) is 1.72. The van der Waals surface area contributed by atoms with Crippen LogP contribution in [-0.4, -0.2) is 35.5 Å². The van der Waals surface area contributed by atoms with Gasteiger partial charge >= 0.3 is 219 Å². The van der Waals surface area contributed by atoms with Crippen LogP contribution in [0.5, 0.6) is 5.75 Å². The van der Waals surface area contributed by atoms with Crippen molar-refractivity contribution < 1.29 is 9.15 Å². The van der Waals surface area contributed by atoms with Gasteiger partial charge in [0.25, 0.3) is 0 Å². The van der Waals surface area contributed by atoms with E-state index >= 15 is 0 Å². The van der Waals surface area contributed by atoms with E-state index in [4.69, 9.17) is 14.1 Å². The van der Waals surface area contributed by atoms with E-state index in [2.05, 4.69) is 56.1 Å². The molecule has 0 radical (unpaired) electrons. The van der Waals surface area contributed by atoms with Crippen molar-refractivity contribution in [3.05, 3.63) is 49.0 Å². The Kier molecular flexibility index (Phi) is 9.28. The van der Waals surface area contributed by atoms with Gasteiger partial charge in [-0.25, -0.2) is 0 Å². The van der Waals surface area contributed by atoms with E-state index in [1.807, 2.05) is 12.3 Å². The van der Waals surface area contributed by atoms with Gasteiger partial charge in [-0.05, 0) is 0 Å². The van der Waals surface area contributed by atoms with Crippen molar-refractivity contribution in [1.29, 1.82) is 0 Å². The molecule has 0 bridgehead atoms. The second kappa shape index (κ2) is 12.4. The molecule has 6 heteroatoms. The Morgan fingerprint density at radius 3 is 2.23 bits per heavy atom. The van der Waals surface area contributed by atoms with Crippen molar-refractivity contribution in [2.45, 2.75) is 72.6 Å². The average Bonchev–Trinajstić information content (AvgIpc) is 3.58. The van der Waals surface area contributed by atoms with Gasteiger partial charge in [-0.2, -0.15) is 0 Å². The van der Waals surface area contributed by atoms with Crippen molar-refractivity contribution >= 4 is 43.5 Å². The van der Waals surface area contributed by atoms with Gasteiger partial charge in [0.2, 0.25) is 0 Å². The van der Waals surface area contributed by atoms with Gasteiger partial charge < -0.3 is 0 Å². The maximum absolute atomic E-state index is 5.88. The first kappa shape index (κ1) is 26.2. The summed E-state index contributed by atoms with van der Waals surface area (Å²) in [6.07, 6.45) is 11.2. The molecule has 4 nitrogen and oxygen atoms in total. The molecule has 4 rings (SSSR count). The van der Waals surface area contributed by atoms with Crippen LogP contribution in [0.1, 0.15) is 59.3 Å². The number of benzene rings is 2. The number of hydrogen-bond acceptors (Lipinski definition) is 5. The molecule has 0 saturated carbocycles. The molecule has 0 fully saturated rings. The predicted molar refractivity (Wildman–Crippen MR) is 152 cm³/mol. The molecule has 0 saturated heterocycles. The zero-order chi connectivity index (χ0) is 24.7. The first-order chi connectivity index (χ1) is 17.1. The maximum atomic E-state index is 5.88. The molecule has 0 spiro atoms. The van der Waals surface area contributed by atoms with Crippen LogP contribution in [0.4, 0.5) is 0 Å². The number of nitrogens with zero attached hydrogens (tertiary/aromatic N) is 2. The van der Waals surface area contributed by atoms with Crippen LogP contribution in [-0.2, 0) is 0 Å². The van der Waals surface area contributed by atoms with Gasteiger partial charge in [-0.15, -0.1) is 0 Å². The van der Waals surface area contributed by atoms with Gasteiger partial charge in [0.05, 0.1) is 0 Å². The molecular weight excluding hydrogens is 559 g/mol. The summed E-state index contributed by atoms with van der Waals surface area (Å²) >= 11 is -1.01. The van der Waals surface area contributed by atoms with Crippen molar-refractivity contribution in [1.82, 2.24) is 9.97 Å². The summed E-state index contributed by atoms with van der Waals surface area (Å²) in [4.78, 5) is 9.28. The minimum absolute atomic E-state index is 0.878. The Bertz CT molecular complexity index is 1200. The molecule has 0 amide bonds. The summed E-state index contributed by atoms with van der Waals surface area (Å²) in [6, 6.07) is 13.2. The normalized spacial score (nSPS) is 11.9. The quantitative estimate of drug-likeness (QED) is 0.145. The predicted octanol–water partition coefficient (Wildman–Crippen LogP) is 8.68. The van der Waals surface area contributed by atoms with Crippen LogP contribution in [0.2, 0.25) is 13.3 Å². The van der Waals surface area contributed by atoms with Gasteiger partial charge in [0.15, 0.2) is 0 Å². The third-order valence-corrected chi connectivity index (χ3v) is 23.9. The molecule has 2 aromatic heterocycles. The van der Waals surface area contributed by atoms with Gasteiger partial charge in [-0.3, -0.25) is 0 Å². The Morgan fingerprint density at radius 2 is 1.63 bits per heavy atom. The average molecular weight is 597 g/mol. The van der Waals surface area contributed by atoms with Crippen LogP contribution >= 0.6 is 11.3 Å². The number of rotatable bonds is 13. The number of methoxy groups -OCH3 is 1. The number of oxazole rings is 1. The molecule has 2 aromatic carbocycles. The molecule has 0 aliphatic rings. The summed E-state index contributed by atoms with van der Waals surface area (Å²) < 4.78 is 18.3. The first-order valence-electron chi connectivity index (χ1n) is 13.1. The molecule has 186 valence electrons. The monoisotopic (exact) mass is 598 g/mol. The van der Waals surface area contributed by atoms with Crippen molar-refractivity contribution in [2.24, 2.45) is 0 Å². The fourth-order valence-electron chi connectivity index (χ4n) is 5.16. The molecule has 0 aliphatic carbocycles. The van der Waals surface area contributed by atoms with Crippen molar-refractivity contribution in [3.63, 3.8) is 0 Å². The second-order valence-electron chi connectivity index (χ2n) is 9.57. The van der Waals surface area contributed by atoms with E-state index in [1.165, 1.54) is 63.0 Å². The fraction of sp³-hybridized carbons (Fsp3) is 0.448. The van der Waals surface area contributed by atoms with Crippen LogP contribution in [0.25, 0.3) is 32.1 Å². The van der Waals surface area contributed by atoms with Crippen LogP contribution in [0.15, 0.2) is 53.4 Å².